The Morgan fingerprint density at radius 2 is 1.62 bits per heavy atom. The predicted molar refractivity (Wildman–Crippen MR) is 133 cm³/mol. The first kappa shape index (κ1) is 24.5. The second-order valence-corrected chi connectivity index (χ2v) is 14.7. The Morgan fingerprint density at radius 1 is 0.941 bits per heavy atom. The number of allylic oxidation sites excluding steroid dienone is 2. The molecule has 190 valence electrons. The fourth-order valence-corrected chi connectivity index (χ4v) is 10.3. The maximum absolute atomic E-state index is 13.0. The summed E-state index contributed by atoms with van der Waals surface area (Å²) in [6.07, 6.45) is 12.7. The normalized spacial score (nSPS) is 53.9. The van der Waals surface area contributed by atoms with E-state index in [1.807, 2.05) is 6.92 Å². The van der Waals surface area contributed by atoms with Crippen molar-refractivity contribution in [2.75, 3.05) is 0 Å². The molecule has 0 aromatic carbocycles. The highest BCUT2D eigenvalue weighted by molar-refractivity contribution is 5.74. The van der Waals surface area contributed by atoms with E-state index in [-0.39, 0.29) is 45.0 Å². The summed E-state index contributed by atoms with van der Waals surface area (Å²) in [5.41, 5.74) is 0.448. The summed E-state index contributed by atoms with van der Waals surface area (Å²) >= 11 is 0. The van der Waals surface area contributed by atoms with Gasteiger partial charge in [-0.2, -0.15) is 0 Å². The Bertz CT molecular complexity index is 936. The molecule has 0 aromatic rings. The molecule has 5 aliphatic rings. The molecular weight excluding hydrogens is 424 g/mol. The summed E-state index contributed by atoms with van der Waals surface area (Å²) < 4.78 is 0. The minimum Gasteiger partial charge on any atom is -0.481 e. The van der Waals surface area contributed by atoms with E-state index >= 15 is 0 Å². The minimum absolute atomic E-state index is 0.00195. The lowest BCUT2D eigenvalue weighted by molar-refractivity contribution is -0.202. The molecule has 0 spiro atoms. The number of aliphatic carboxylic acids is 1. The van der Waals surface area contributed by atoms with Gasteiger partial charge in [-0.05, 0) is 111 Å². The lowest BCUT2D eigenvalue weighted by atomic mass is 9.33. The Morgan fingerprint density at radius 3 is 2.26 bits per heavy atom. The molecule has 9 unspecified atom stereocenters. The van der Waals surface area contributed by atoms with Crippen LogP contribution in [0.3, 0.4) is 0 Å². The number of aliphatic hydroxyl groups excluding tert-OH is 1. The molecule has 0 aromatic heterocycles. The highest BCUT2D eigenvalue weighted by Gasteiger charge is 2.69. The van der Waals surface area contributed by atoms with E-state index in [9.17, 15) is 19.8 Å². The summed E-state index contributed by atoms with van der Waals surface area (Å²) in [6, 6.07) is 0. The monoisotopic (exact) mass is 470 g/mol. The largest absolute Gasteiger partial charge is 0.481 e. The van der Waals surface area contributed by atoms with Crippen LogP contribution in [0.1, 0.15) is 106 Å². The van der Waals surface area contributed by atoms with Gasteiger partial charge < -0.3 is 15.0 Å². The molecule has 0 heterocycles. The average Bonchev–Trinajstić information content (AvgIpc) is 2.77. The molecule has 0 amide bonds. The van der Waals surface area contributed by atoms with Gasteiger partial charge in [-0.3, -0.25) is 4.79 Å². The molecule has 0 saturated heterocycles. The average molecular weight is 471 g/mol. The fourth-order valence-electron chi connectivity index (χ4n) is 10.3. The van der Waals surface area contributed by atoms with Crippen LogP contribution in [0.5, 0.6) is 0 Å². The molecular formula is C30H46O4. The van der Waals surface area contributed by atoms with Crippen molar-refractivity contribution >= 4 is 12.3 Å². The van der Waals surface area contributed by atoms with Crippen molar-refractivity contribution in [1.29, 1.82) is 0 Å². The third kappa shape index (κ3) is 2.81. The maximum Gasteiger partial charge on any atom is 0.309 e. The van der Waals surface area contributed by atoms with Crippen LogP contribution in [0.25, 0.3) is 0 Å². The van der Waals surface area contributed by atoms with Gasteiger partial charge in [0.1, 0.15) is 6.29 Å². The standard InChI is InChI=1S/C30H46O4/c1-25(2)21-9-11-29(6)22(30(21,18-31)12-10-23(25)32)8-7-19-20-17-27(4,24(33)34)14-13-26(20,3)15-16-28(19,29)5/h7,18,20-23,32H,8-17H2,1-6H3,(H,33,34). The molecule has 0 radical (unpaired) electrons. The van der Waals surface area contributed by atoms with Crippen molar-refractivity contribution in [3.63, 3.8) is 0 Å². The summed E-state index contributed by atoms with van der Waals surface area (Å²) in [5, 5.41) is 20.9. The smallest absolute Gasteiger partial charge is 0.309 e. The number of carbonyl (C=O) groups excluding carboxylic acids is 1. The summed E-state index contributed by atoms with van der Waals surface area (Å²) in [7, 11) is 0. The molecule has 4 saturated carbocycles. The highest BCUT2D eigenvalue weighted by Crippen LogP contribution is 2.75. The van der Waals surface area contributed by atoms with E-state index in [1.54, 1.807) is 0 Å². The number of rotatable bonds is 2. The second kappa shape index (κ2) is 7.20. The van der Waals surface area contributed by atoms with E-state index in [0.29, 0.717) is 12.3 Å². The number of carboxylic acids is 1. The fraction of sp³-hybridized carbons (Fsp3) is 0.867. The zero-order valence-electron chi connectivity index (χ0n) is 22.2. The summed E-state index contributed by atoms with van der Waals surface area (Å²) in [5.74, 6) is 0.173. The Labute approximate surface area is 206 Å². The first-order valence-electron chi connectivity index (χ1n) is 13.8. The van der Waals surface area contributed by atoms with Gasteiger partial charge in [-0.1, -0.05) is 46.3 Å². The van der Waals surface area contributed by atoms with E-state index in [0.717, 1.165) is 57.8 Å². The van der Waals surface area contributed by atoms with Crippen molar-refractivity contribution in [2.24, 2.45) is 50.2 Å². The zero-order valence-corrected chi connectivity index (χ0v) is 22.2. The van der Waals surface area contributed by atoms with Gasteiger partial charge in [0.15, 0.2) is 0 Å². The number of fused-ring (bicyclic) bond motifs is 7. The first-order chi connectivity index (χ1) is 15.7. The molecule has 4 heteroatoms. The van der Waals surface area contributed by atoms with Crippen molar-refractivity contribution in [3.05, 3.63) is 11.6 Å². The van der Waals surface area contributed by atoms with Gasteiger partial charge in [-0.15, -0.1) is 0 Å². The molecule has 5 aliphatic carbocycles. The third-order valence-corrected chi connectivity index (χ3v) is 13.1. The van der Waals surface area contributed by atoms with Crippen LogP contribution in [0.4, 0.5) is 0 Å². The van der Waals surface area contributed by atoms with Gasteiger partial charge in [0.25, 0.3) is 0 Å². The number of aliphatic hydroxyl groups is 1. The van der Waals surface area contributed by atoms with E-state index < -0.39 is 11.4 Å². The van der Waals surface area contributed by atoms with Gasteiger partial charge in [0.05, 0.1) is 11.5 Å². The van der Waals surface area contributed by atoms with Gasteiger partial charge in [0.2, 0.25) is 0 Å². The van der Waals surface area contributed by atoms with Crippen molar-refractivity contribution in [1.82, 2.24) is 0 Å². The third-order valence-electron chi connectivity index (χ3n) is 13.1. The number of hydrogen-bond donors (Lipinski definition) is 2. The molecule has 9 atom stereocenters. The molecule has 2 N–H and O–H groups in total. The SMILES string of the molecule is CC1(C(=O)O)CCC2(C)CCC3(C)C(=CCC4C5(C=O)CCC(O)C(C)(C)C5CCC43C)C2C1. The van der Waals surface area contributed by atoms with Crippen molar-refractivity contribution in [3.8, 4) is 0 Å². The van der Waals surface area contributed by atoms with Crippen molar-refractivity contribution in [2.45, 2.75) is 112 Å². The number of carbonyl (C=O) groups is 2. The number of aldehydes is 1. The van der Waals surface area contributed by atoms with E-state index in [4.69, 9.17) is 0 Å². The number of hydrogen-bond acceptors (Lipinski definition) is 3. The maximum atomic E-state index is 13.0. The van der Waals surface area contributed by atoms with Crippen molar-refractivity contribution < 1.29 is 19.8 Å². The predicted octanol–water partition coefficient (Wildman–Crippen LogP) is 6.41. The minimum atomic E-state index is -0.647. The van der Waals surface area contributed by atoms with Crippen LogP contribution in [0, 0.1) is 50.2 Å². The van der Waals surface area contributed by atoms with Crippen LogP contribution in [0.15, 0.2) is 11.6 Å². The molecule has 4 nitrogen and oxygen atoms in total. The zero-order chi connectivity index (χ0) is 24.9. The Hall–Kier alpha value is -1.16. The van der Waals surface area contributed by atoms with Crippen LogP contribution in [0.2, 0.25) is 0 Å². The Balaban J connectivity index is 1.60. The lowest BCUT2D eigenvalue weighted by Gasteiger charge is -2.70. The first-order valence-corrected chi connectivity index (χ1v) is 13.8. The molecule has 4 fully saturated rings. The highest BCUT2D eigenvalue weighted by atomic mass is 16.4. The number of carboxylic acid groups (broad SMARTS) is 1. The van der Waals surface area contributed by atoms with Crippen LogP contribution < -0.4 is 0 Å². The Kier molecular flexibility index (Phi) is 5.20. The van der Waals surface area contributed by atoms with Gasteiger partial charge in [-0.25, -0.2) is 0 Å². The molecule has 0 aliphatic heterocycles. The molecule has 5 rings (SSSR count). The van der Waals surface area contributed by atoms with E-state index in [1.165, 1.54) is 11.9 Å². The lowest BCUT2D eigenvalue weighted by Crippen LogP contribution is -2.65. The topological polar surface area (TPSA) is 74.6 Å². The van der Waals surface area contributed by atoms with Gasteiger partial charge in [0, 0.05) is 5.41 Å². The second-order valence-electron chi connectivity index (χ2n) is 14.7. The van der Waals surface area contributed by atoms with Crippen LogP contribution in [-0.4, -0.2) is 28.6 Å². The quantitative estimate of drug-likeness (QED) is 0.361. The van der Waals surface area contributed by atoms with E-state index in [2.05, 4.69) is 40.7 Å². The van der Waals surface area contributed by atoms with Crippen LogP contribution in [-0.2, 0) is 9.59 Å². The van der Waals surface area contributed by atoms with Gasteiger partial charge >= 0.3 is 5.97 Å². The molecule has 34 heavy (non-hydrogen) atoms. The molecule has 0 bridgehead atoms. The summed E-state index contributed by atoms with van der Waals surface area (Å²) in [6.45, 7) is 13.6. The summed E-state index contributed by atoms with van der Waals surface area (Å²) in [4.78, 5) is 25.3. The van der Waals surface area contributed by atoms with Crippen LogP contribution >= 0.6 is 0 Å².